The first kappa shape index (κ1) is 17.6. The summed E-state index contributed by atoms with van der Waals surface area (Å²) in [5.74, 6) is -0.951. The summed E-state index contributed by atoms with van der Waals surface area (Å²) in [4.78, 5) is 40.6. The van der Waals surface area contributed by atoms with Gasteiger partial charge in [-0.15, -0.1) is 11.3 Å². The Labute approximate surface area is 153 Å². The number of aromatic nitrogens is 2. The van der Waals surface area contributed by atoms with Gasteiger partial charge in [-0.3, -0.25) is 25.2 Å². The maximum atomic E-state index is 12.3. The Kier molecular flexibility index (Phi) is 5.23. The highest BCUT2D eigenvalue weighted by atomic mass is 32.1. The second kappa shape index (κ2) is 7.75. The maximum Gasteiger partial charge on any atom is 0.281 e. The number of pyridine rings is 1. The summed E-state index contributed by atoms with van der Waals surface area (Å²) in [6, 6.07) is 14.1. The van der Waals surface area contributed by atoms with Gasteiger partial charge in [-0.2, -0.15) is 0 Å². The van der Waals surface area contributed by atoms with Crippen LogP contribution in [-0.2, 0) is 11.3 Å². The van der Waals surface area contributed by atoms with Gasteiger partial charge >= 0.3 is 0 Å². The van der Waals surface area contributed by atoms with E-state index in [1.54, 1.807) is 19.1 Å². The number of hydrogen-bond acceptors (Lipinski definition) is 5. The number of carbonyl (C=O) groups is 2. The highest BCUT2D eigenvalue weighted by molar-refractivity contribution is 7.17. The van der Waals surface area contributed by atoms with E-state index in [1.807, 2.05) is 30.3 Å². The van der Waals surface area contributed by atoms with E-state index in [4.69, 9.17) is 0 Å². The first-order valence-corrected chi connectivity index (χ1v) is 8.64. The molecule has 2 heterocycles. The van der Waals surface area contributed by atoms with Crippen LogP contribution >= 0.6 is 11.3 Å². The normalized spacial score (nSPS) is 10.3. The monoisotopic (exact) mass is 368 g/mol. The number of thiazole rings is 1. The molecule has 0 radical (unpaired) electrons. The third-order valence-corrected chi connectivity index (χ3v) is 4.76. The van der Waals surface area contributed by atoms with Gasteiger partial charge in [0.1, 0.15) is 16.4 Å². The standard InChI is InChI=1S/C18H16N4O3S/c1-12-16(26-18(19-12)13-7-3-2-4-8-13)17(25)21-20-14(23)11-22-10-6-5-9-15(22)24/h2-10H,11H2,1H3,(H,20,23)(H,21,25). The molecule has 0 aliphatic rings. The lowest BCUT2D eigenvalue weighted by atomic mass is 10.2. The predicted octanol–water partition coefficient (Wildman–Crippen LogP) is 1.74. The number of rotatable bonds is 4. The van der Waals surface area contributed by atoms with Crippen LogP contribution in [0, 0.1) is 6.92 Å². The van der Waals surface area contributed by atoms with Crippen LogP contribution < -0.4 is 16.4 Å². The van der Waals surface area contributed by atoms with Crippen LogP contribution in [0.5, 0.6) is 0 Å². The molecule has 0 aliphatic heterocycles. The van der Waals surface area contributed by atoms with Crippen molar-refractivity contribution in [3.63, 3.8) is 0 Å². The second-order valence-corrected chi connectivity index (χ2v) is 6.47. The van der Waals surface area contributed by atoms with Crippen LogP contribution in [-0.4, -0.2) is 21.4 Å². The molecule has 0 unspecified atom stereocenters. The molecule has 3 rings (SSSR count). The molecule has 0 bridgehead atoms. The van der Waals surface area contributed by atoms with E-state index in [-0.39, 0.29) is 12.1 Å². The fourth-order valence-corrected chi connectivity index (χ4v) is 3.25. The van der Waals surface area contributed by atoms with Crippen molar-refractivity contribution < 1.29 is 9.59 Å². The van der Waals surface area contributed by atoms with Crippen LogP contribution in [0.4, 0.5) is 0 Å². The van der Waals surface area contributed by atoms with E-state index in [2.05, 4.69) is 15.8 Å². The number of amides is 2. The lowest BCUT2D eigenvalue weighted by Crippen LogP contribution is -2.44. The summed E-state index contributed by atoms with van der Waals surface area (Å²) in [6.07, 6.45) is 1.50. The van der Waals surface area contributed by atoms with Crippen LogP contribution in [0.25, 0.3) is 10.6 Å². The topological polar surface area (TPSA) is 93.1 Å². The van der Waals surface area contributed by atoms with E-state index in [0.29, 0.717) is 10.6 Å². The minimum absolute atomic E-state index is 0.184. The molecule has 2 N–H and O–H groups in total. The molecule has 2 amide bonds. The molecule has 0 spiro atoms. The molecule has 8 heteroatoms. The number of benzene rings is 1. The van der Waals surface area contributed by atoms with Crippen molar-refractivity contribution in [1.82, 2.24) is 20.4 Å². The van der Waals surface area contributed by atoms with Gasteiger partial charge < -0.3 is 4.57 Å². The number of carbonyl (C=O) groups excluding carboxylic acids is 2. The lowest BCUT2D eigenvalue weighted by molar-refractivity contribution is -0.122. The Morgan fingerprint density at radius 1 is 1.08 bits per heavy atom. The van der Waals surface area contributed by atoms with Crippen molar-refractivity contribution in [2.45, 2.75) is 13.5 Å². The minimum atomic E-state index is -0.503. The Bertz CT molecular complexity index is 995. The van der Waals surface area contributed by atoms with Gasteiger partial charge in [-0.1, -0.05) is 36.4 Å². The molecular weight excluding hydrogens is 352 g/mol. The Morgan fingerprint density at radius 2 is 1.81 bits per heavy atom. The van der Waals surface area contributed by atoms with Gasteiger partial charge in [0.15, 0.2) is 0 Å². The minimum Gasteiger partial charge on any atom is -0.306 e. The zero-order valence-electron chi connectivity index (χ0n) is 13.9. The quantitative estimate of drug-likeness (QED) is 0.686. The average Bonchev–Trinajstić information content (AvgIpc) is 3.04. The van der Waals surface area contributed by atoms with Crippen LogP contribution in [0.3, 0.4) is 0 Å². The summed E-state index contributed by atoms with van der Waals surface area (Å²) in [5.41, 5.74) is 5.89. The van der Waals surface area contributed by atoms with Crippen molar-refractivity contribution in [3.8, 4) is 10.6 Å². The number of hydrazine groups is 1. The van der Waals surface area contributed by atoms with Gasteiger partial charge in [0, 0.05) is 17.8 Å². The summed E-state index contributed by atoms with van der Waals surface area (Å²) in [7, 11) is 0. The van der Waals surface area contributed by atoms with E-state index in [9.17, 15) is 14.4 Å². The van der Waals surface area contributed by atoms with Crippen LogP contribution in [0.2, 0.25) is 0 Å². The van der Waals surface area contributed by atoms with Crippen LogP contribution in [0.15, 0.2) is 59.5 Å². The van der Waals surface area contributed by atoms with Crippen molar-refractivity contribution in [2.75, 3.05) is 0 Å². The molecule has 1 aromatic carbocycles. The molecular formula is C18H16N4O3S. The third-order valence-electron chi connectivity index (χ3n) is 3.55. The molecule has 2 aromatic heterocycles. The molecule has 0 atom stereocenters. The SMILES string of the molecule is Cc1nc(-c2ccccc2)sc1C(=O)NNC(=O)Cn1ccccc1=O. The molecule has 0 fully saturated rings. The first-order valence-electron chi connectivity index (χ1n) is 7.82. The third kappa shape index (κ3) is 4.04. The Morgan fingerprint density at radius 3 is 2.54 bits per heavy atom. The van der Waals surface area contributed by atoms with Crippen molar-refractivity contribution in [2.24, 2.45) is 0 Å². The van der Waals surface area contributed by atoms with Gasteiger partial charge in [0.25, 0.3) is 17.4 Å². The smallest absolute Gasteiger partial charge is 0.281 e. The van der Waals surface area contributed by atoms with Gasteiger partial charge in [0.2, 0.25) is 0 Å². The Balaban J connectivity index is 1.63. The molecule has 0 saturated heterocycles. The molecule has 7 nitrogen and oxygen atoms in total. The lowest BCUT2D eigenvalue weighted by Gasteiger charge is -2.08. The zero-order valence-corrected chi connectivity index (χ0v) is 14.7. The number of nitrogens with zero attached hydrogens (tertiary/aromatic N) is 2. The van der Waals surface area contributed by atoms with Gasteiger partial charge in [-0.05, 0) is 13.0 Å². The summed E-state index contributed by atoms with van der Waals surface area (Å²) in [5, 5.41) is 0.732. The fraction of sp³-hybridized carbons (Fsp3) is 0.111. The second-order valence-electron chi connectivity index (χ2n) is 5.47. The highest BCUT2D eigenvalue weighted by Crippen LogP contribution is 2.27. The predicted molar refractivity (Wildman–Crippen MR) is 98.6 cm³/mol. The van der Waals surface area contributed by atoms with E-state index < -0.39 is 11.8 Å². The Hall–Kier alpha value is -3.26. The van der Waals surface area contributed by atoms with Gasteiger partial charge in [-0.25, -0.2) is 4.98 Å². The van der Waals surface area contributed by atoms with E-state index >= 15 is 0 Å². The molecule has 26 heavy (non-hydrogen) atoms. The molecule has 3 aromatic rings. The summed E-state index contributed by atoms with van der Waals surface area (Å²) >= 11 is 1.25. The van der Waals surface area contributed by atoms with E-state index in [0.717, 1.165) is 10.6 Å². The number of hydrogen-bond donors (Lipinski definition) is 2. The largest absolute Gasteiger partial charge is 0.306 e. The maximum absolute atomic E-state index is 12.3. The highest BCUT2D eigenvalue weighted by Gasteiger charge is 2.16. The molecule has 0 aliphatic carbocycles. The van der Waals surface area contributed by atoms with Gasteiger partial charge in [0.05, 0.1) is 5.69 Å². The average molecular weight is 368 g/mol. The number of nitrogens with one attached hydrogen (secondary N) is 2. The molecule has 0 saturated carbocycles. The van der Waals surface area contributed by atoms with Crippen LogP contribution in [0.1, 0.15) is 15.4 Å². The number of aryl methyl sites for hydroxylation is 1. The van der Waals surface area contributed by atoms with Crippen molar-refractivity contribution in [3.05, 3.63) is 75.7 Å². The summed E-state index contributed by atoms with van der Waals surface area (Å²) < 4.78 is 1.24. The zero-order chi connectivity index (χ0) is 18.5. The molecule has 132 valence electrons. The van der Waals surface area contributed by atoms with Crippen molar-refractivity contribution in [1.29, 1.82) is 0 Å². The first-order chi connectivity index (χ1) is 12.5. The van der Waals surface area contributed by atoms with E-state index in [1.165, 1.54) is 28.2 Å². The fourth-order valence-electron chi connectivity index (χ4n) is 2.28. The van der Waals surface area contributed by atoms with Crippen molar-refractivity contribution >= 4 is 23.2 Å². The summed E-state index contributed by atoms with van der Waals surface area (Å²) in [6.45, 7) is 1.56.